The highest BCUT2D eigenvalue weighted by Gasteiger charge is 2.21. The van der Waals surface area contributed by atoms with Gasteiger partial charge in [-0.25, -0.2) is 13.1 Å². The summed E-state index contributed by atoms with van der Waals surface area (Å²) in [7, 11) is 0.244. The van der Waals surface area contributed by atoms with Crippen LogP contribution in [-0.4, -0.2) is 51.5 Å². The van der Waals surface area contributed by atoms with Crippen molar-refractivity contribution >= 4 is 15.7 Å². The lowest BCUT2D eigenvalue weighted by Crippen LogP contribution is -2.39. The van der Waals surface area contributed by atoms with E-state index in [1.807, 2.05) is 32.8 Å². The summed E-state index contributed by atoms with van der Waals surface area (Å²) >= 11 is 0. The Balaban J connectivity index is 2.94. The first-order chi connectivity index (χ1) is 8.86. The maximum Gasteiger partial charge on any atom is 0.244 e. The lowest BCUT2D eigenvalue weighted by Gasteiger charge is -2.19. The van der Waals surface area contributed by atoms with Crippen LogP contribution in [0.1, 0.15) is 13.8 Å². The standard InChI is InChI=1S/C12H22N4O2S/c1-5-14-11-6-7-13-8-12(11)19(17,18)15-10(2)9-16(3)4/h6-8,10,15H,5,9H2,1-4H3,(H,13,14). The molecule has 19 heavy (non-hydrogen) atoms. The zero-order valence-corrected chi connectivity index (χ0v) is 12.7. The van der Waals surface area contributed by atoms with Crippen molar-refractivity contribution in [2.45, 2.75) is 24.8 Å². The van der Waals surface area contributed by atoms with Crippen molar-refractivity contribution < 1.29 is 8.42 Å². The Bertz CT molecular complexity index is 502. The summed E-state index contributed by atoms with van der Waals surface area (Å²) in [4.78, 5) is 6.01. The van der Waals surface area contributed by atoms with Gasteiger partial charge in [0.2, 0.25) is 10.0 Å². The number of nitrogens with one attached hydrogen (secondary N) is 2. The number of pyridine rings is 1. The molecular formula is C12H22N4O2S. The molecule has 0 fully saturated rings. The topological polar surface area (TPSA) is 74.3 Å². The van der Waals surface area contributed by atoms with E-state index in [2.05, 4.69) is 15.0 Å². The molecule has 1 aromatic heterocycles. The summed E-state index contributed by atoms with van der Waals surface area (Å²) in [5, 5.41) is 3.03. The molecule has 7 heteroatoms. The third-order valence-corrected chi connectivity index (χ3v) is 4.05. The summed E-state index contributed by atoms with van der Waals surface area (Å²) in [5.41, 5.74) is 0.571. The van der Waals surface area contributed by atoms with Gasteiger partial charge in [0.25, 0.3) is 0 Å². The van der Waals surface area contributed by atoms with Crippen molar-refractivity contribution in [1.29, 1.82) is 0 Å². The quantitative estimate of drug-likeness (QED) is 0.773. The third-order valence-electron chi connectivity index (χ3n) is 2.44. The minimum atomic E-state index is -3.56. The van der Waals surface area contributed by atoms with Crippen LogP contribution in [0.25, 0.3) is 0 Å². The highest BCUT2D eigenvalue weighted by molar-refractivity contribution is 7.89. The fraction of sp³-hybridized carbons (Fsp3) is 0.583. The van der Waals surface area contributed by atoms with Crippen molar-refractivity contribution in [3.05, 3.63) is 18.5 Å². The molecule has 1 rings (SSSR count). The molecule has 1 aromatic rings. The van der Waals surface area contributed by atoms with Gasteiger partial charge >= 0.3 is 0 Å². The Hall–Kier alpha value is -1.18. The zero-order valence-electron chi connectivity index (χ0n) is 11.8. The van der Waals surface area contributed by atoms with Gasteiger partial charge in [-0.1, -0.05) is 0 Å². The van der Waals surface area contributed by atoms with Gasteiger partial charge in [-0.2, -0.15) is 0 Å². The largest absolute Gasteiger partial charge is 0.384 e. The molecule has 0 spiro atoms. The minimum absolute atomic E-state index is 0.172. The summed E-state index contributed by atoms with van der Waals surface area (Å²) in [6.07, 6.45) is 2.93. The van der Waals surface area contributed by atoms with Gasteiger partial charge in [-0.05, 0) is 34.0 Å². The van der Waals surface area contributed by atoms with Gasteiger partial charge in [0.05, 0.1) is 5.69 Å². The van der Waals surface area contributed by atoms with Crippen molar-refractivity contribution in [2.24, 2.45) is 0 Å². The number of hydrogen-bond donors (Lipinski definition) is 2. The van der Waals surface area contributed by atoms with Crippen LogP contribution in [0.4, 0.5) is 5.69 Å². The summed E-state index contributed by atoms with van der Waals surface area (Å²) in [6, 6.07) is 1.49. The Morgan fingerprint density at radius 2 is 2.11 bits per heavy atom. The van der Waals surface area contributed by atoms with E-state index in [1.54, 1.807) is 12.3 Å². The van der Waals surface area contributed by atoms with E-state index < -0.39 is 10.0 Å². The highest BCUT2D eigenvalue weighted by Crippen LogP contribution is 2.19. The van der Waals surface area contributed by atoms with Crippen molar-refractivity contribution in [1.82, 2.24) is 14.6 Å². The lowest BCUT2D eigenvalue weighted by molar-refractivity contribution is 0.370. The molecule has 1 atom stereocenters. The predicted octanol–water partition coefficient (Wildman–Crippen LogP) is 0.742. The summed E-state index contributed by atoms with van der Waals surface area (Å²) < 4.78 is 27.3. The van der Waals surface area contributed by atoms with Crippen LogP contribution >= 0.6 is 0 Å². The number of nitrogens with zero attached hydrogens (tertiary/aromatic N) is 2. The first kappa shape index (κ1) is 15.9. The molecule has 0 saturated heterocycles. The van der Waals surface area contributed by atoms with Crippen LogP contribution in [0, 0.1) is 0 Å². The fourth-order valence-electron chi connectivity index (χ4n) is 1.84. The number of aromatic nitrogens is 1. The van der Waals surface area contributed by atoms with E-state index in [0.29, 0.717) is 18.8 Å². The first-order valence-corrected chi connectivity index (χ1v) is 7.70. The number of likely N-dealkylation sites (N-methyl/N-ethyl adjacent to an activating group) is 1. The van der Waals surface area contributed by atoms with Crippen molar-refractivity contribution in [3.63, 3.8) is 0 Å². The Labute approximate surface area is 115 Å². The monoisotopic (exact) mass is 286 g/mol. The number of rotatable bonds is 7. The molecule has 0 amide bonds. The van der Waals surface area contributed by atoms with Crippen LogP contribution in [0.2, 0.25) is 0 Å². The molecule has 0 saturated carbocycles. The van der Waals surface area contributed by atoms with Crippen LogP contribution in [-0.2, 0) is 10.0 Å². The van der Waals surface area contributed by atoms with E-state index in [4.69, 9.17) is 0 Å². The lowest BCUT2D eigenvalue weighted by atomic mass is 10.3. The second-order valence-electron chi connectivity index (χ2n) is 4.69. The van der Waals surface area contributed by atoms with Gasteiger partial charge in [0.1, 0.15) is 4.90 Å². The fourth-order valence-corrected chi connectivity index (χ4v) is 3.20. The molecule has 0 aliphatic heterocycles. The van der Waals surface area contributed by atoms with Crippen LogP contribution in [0.15, 0.2) is 23.4 Å². The Morgan fingerprint density at radius 3 is 2.68 bits per heavy atom. The third kappa shape index (κ3) is 4.77. The maximum absolute atomic E-state index is 12.3. The Kier molecular flexibility index (Phi) is 5.71. The number of sulfonamides is 1. The zero-order chi connectivity index (χ0) is 14.5. The van der Waals surface area contributed by atoms with Gasteiger partial charge in [-0.15, -0.1) is 0 Å². The molecule has 0 aliphatic carbocycles. The SMILES string of the molecule is CCNc1ccncc1S(=O)(=O)NC(C)CN(C)C. The van der Waals surface area contributed by atoms with Crippen molar-refractivity contribution in [2.75, 3.05) is 32.5 Å². The molecule has 0 aliphatic rings. The van der Waals surface area contributed by atoms with Gasteiger partial charge in [-0.3, -0.25) is 4.98 Å². The molecular weight excluding hydrogens is 264 g/mol. The van der Waals surface area contributed by atoms with Crippen LogP contribution in [0.3, 0.4) is 0 Å². The molecule has 1 unspecified atom stereocenters. The second-order valence-corrected chi connectivity index (χ2v) is 6.37. The van der Waals surface area contributed by atoms with E-state index in [1.165, 1.54) is 6.20 Å². The minimum Gasteiger partial charge on any atom is -0.384 e. The van der Waals surface area contributed by atoms with Gasteiger partial charge < -0.3 is 10.2 Å². The molecule has 2 N–H and O–H groups in total. The summed E-state index contributed by atoms with van der Waals surface area (Å²) in [5.74, 6) is 0. The predicted molar refractivity (Wildman–Crippen MR) is 76.7 cm³/mol. The van der Waals surface area contributed by atoms with Crippen LogP contribution < -0.4 is 10.0 Å². The first-order valence-electron chi connectivity index (χ1n) is 6.21. The molecule has 1 heterocycles. The van der Waals surface area contributed by atoms with Gasteiger partial charge in [0, 0.05) is 31.5 Å². The highest BCUT2D eigenvalue weighted by atomic mass is 32.2. The number of anilines is 1. The van der Waals surface area contributed by atoms with E-state index in [0.717, 1.165) is 0 Å². The molecule has 6 nitrogen and oxygen atoms in total. The second kappa shape index (κ2) is 6.83. The molecule has 0 bridgehead atoms. The average Bonchev–Trinajstić information content (AvgIpc) is 2.27. The maximum atomic E-state index is 12.3. The smallest absolute Gasteiger partial charge is 0.244 e. The van der Waals surface area contributed by atoms with Crippen LogP contribution in [0.5, 0.6) is 0 Å². The van der Waals surface area contributed by atoms with E-state index in [-0.39, 0.29) is 10.9 Å². The molecule has 0 radical (unpaired) electrons. The van der Waals surface area contributed by atoms with Crippen molar-refractivity contribution in [3.8, 4) is 0 Å². The van der Waals surface area contributed by atoms with E-state index >= 15 is 0 Å². The average molecular weight is 286 g/mol. The van der Waals surface area contributed by atoms with Gasteiger partial charge in [0.15, 0.2) is 0 Å². The molecule has 108 valence electrons. The van der Waals surface area contributed by atoms with E-state index in [9.17, 15) is 8.42 Å². The normalized spacial score (nSPS) is 13.5. The Morgan fingerprint density at radius 1 is 1.42 bits per heavy atom. The number of hydrogen-bond acceptors (Lipinski definition) is 5. The molecule has 0 aromatic carbocycles. The summed E-state index contributed by atoms with van der Waals surface area (Å²) in [6.45, 7) is 5.04.